The molecule has 0 saturated heterocycles. The van der Waals surface area contributed by atoms with Crippen LogP contribution in [0.15, 0.2) is 24.3 Å². The minimum Gasteiger partial charge on any atom is -0.465 e. The normalized spacial score (nSPS) is 11.0. The van der Waals surface area contributed by atoms with Gasteiger partial charge in [0.25, 0.3) is 0 Å². The van der Waals surface area contributed by atoms with Crippen LogP contribution in [0.1, 0.15) is 189 Å². The van der Waals surface area contributed by atoms with Gasteiger partial charge in [-0.2, -0.15) is 0 Å². The van der Waals surface area contributed by atoms with E-state index < -0.39 is 0 Å². The summed E-state index contributed by atoms with van der Waals surface area (Å²) in [6.45, 7) is 45.5. The molecule has 0 aliphatic rings. The summed E-state index contributed by atoms with van der Waals surface area (Å²) in [5, 5.41) is 0. The molecule has 0 heterocycles. The van der Waals surface area contributed by atoms with E-state index in [1.165, 1.54) is 5.56 Å². The number of unbranched alkanes of at least 4 members (excludes halogenated alkanes) is 1. The van der Waals surface area contributed by atoms with Crippen LogP contribution < -0.4 is 0 Å². The Kier molecular flexibility index (Phi) is 45.7. The first kappa shape index (κ1) is 83.1. The van der Waals surface area contributed by atoms with Crippen LogP contribution >= 0.6 is 0 Å². The van der Waals surface area contributed by atoms with E-state index in [4.69, 9.17) is 18.9 Å². The lowest BCUT2D eigenvalue weighted by Crippen LogP contribution is -2.40. The van der Waals surface area contributed by atoms with Gasteiger partial charge in [0.15, 0.2) is 0 Å². The van der Waals surface area contributed by atoms with Crippen LogP contribution in [0.4, 0.5) is 0 Å². The summed E-state index contributed by atoms with van der Waals surface area (Å²) in [4.78, 5) is 109. The molecule has 82 heavy (non-hydrogen) atoms. The molecule has 0 aliphatic carbocycles. The van der Waals surface area contributed by atoms with E-state index in [1.807, 2.05) is 130 Å². The molecule has 0 aromatic heterocycles. The fraction of sp³-hybridized carbons (Fsp3) is 0.769. The molecule has 0 spiro atoms. The quantitative estimate of drug-likeness (QED) is 0.0417. The van der Waals surface area contributed by atoms with Crippen LogP contribution in [0.25, 0.3) is 0 Å². The van der Waals surface area contributed by atoms with Gasteiger partial charge < -0.3 is 38.5 Å². The SMILES string of the molecule is CC(C)C(=O)CCCCN(C)C(=O)C(C)C.CC(C)C(=O)OCC(C)(C)CN(C)C(=O)C(C)C.CC(C)C(=O)OCCCN(C)C(=O)C(C)C.CC(C)C(=O)OCCN(C)C(=O)C(C)C.CC(C)Cc1ccc(COC(=O)C(C)C)cc1. The summed E-state index contributed by atoms with van der Waals surface area (Å²) in [7, 11) is 7.10. The first-order chi connectivity index (χ1) is 37.6. The number of hydrogen-bond acceptors (Lipinski definition) is 13. The average Bonchev–Trinajstić information content (AvgIpc) is 3.38. The number of Topliss-reactive ketones (excluding diaryl/α,β-unsaturated/α-hetero) is 1. The molecule has 0 unspecified atom stereocenters. The number of benzene rings is 1. The van der Waals surface area contributed by atoms with Gasteiger partial charge in [-0.3, -0.25) is 43.2 Å². The highest BCUT2D eigenvalue weighted by atomic mass is 16.5. The minimum absolute atomic E-state index is 0.0102. The fourth-order valence-corrected chi connectivity index (χ4v) is 6.88. The van der Waals surface area contributed by atoms with E-state index in [-0.39, 0.29) is 113 Å². The first-order valence-electron chi connectivity index (χ1n) is 29.9. The lowest BCUT2D eigenvalue weighted by atomic mass is 9.93. The van der Waals surface area contributed by atoms with Crippen LogP contribution in [0.5, 0.6) is 0 Å². The van der Waals surface area contributed by atoms with Crippen molar-refractivity contribution in [3.63, 3.8) is 0 Å². The fourth-order valence-electron chi connectivity index (χ4n) is 6.88. The van der Waals surface area contributed by atoms with Crippen molar-refractivity contribution >= 4 is 53.3 Å². The number of ketones is 1. The zero-order valence-electron chi connectivity index (χ0n) is 56.4. The molecule has 1 aromatic rings. The monoisotopic (exact) mass is 1160 g/mol. The number of ether oxygens (including phenoxy) is 4. The molecular formula is C65H118N4O13. The van der Waals surface area contributed by atoms with Crippen molar-refractivity contribution < 1.29 is 62.1 Å². The molecule has 17 heteroatoms. The highest BCUT2D eigenvalue weighted by Gasteiger charge is 2.26. The summed E-state index contributed by atoms with van der Waals surface area (Å²) >= 11 is 0. The van der Waals surface area contributed by atoms with E-state index >= 15 is 0 Å². The summed E-state index contributed by atoms with van der Waals surface area (Å²) in [6, 6.07) is 8.29. The van der Waals surface area contributed by atoms with Gasteiger partial charge in [0.2, 0.25) is 23.6 Å². The number of amides is 4. The molecule has 17 nitrogen and oxygen atoms in total. The molecule has 0 saturated carbocycles. The maximum absolute atomic E-state index is 11.8. The van der Waals surface area contributed by atoms with Crippen LogP contribution in [0.2, 0.25) is 0 Å². The van der Waals surface area contributed by atoms with Gasteiger partial charge in [-0.1, -0.05) is 177 Å². The predicted molar refractivity (Wildman–Crippen MR) is 329 cm³/mol. The van der Waals surface area contributed by atoms with Crippen molar-refractivity contribution in [2.24, 2.45) is 64.6 Å². The zero-order valence-corrected chi connectivity index (χ0v) is 56.4. The Balaban J connectivity index is -0.000000464. The Morgan fingerprint density at radius 2 is 0.732 bits per heavy atom. The van der Waals surface area contributed by atoms with Crippen molar-refractivity contribution in [1.29, 1.82) is 0 Å². The van der Waals surface area contributed by atoms with Crippen LogP contribution in [-0.2, 0) is 75.1 Å². The number of hydrogen-bond donors (Lipinski definition) is 0. The predicted octanol–water partition coefficient (Wildman–Crippen LogP) is 11.4. The second-order valence-corrected chi connectivity index (χ2v) is 25.3. The molecule has 0 atom stereocenters. The summed E-state index contributed by atoms with van der Waals surface area (Å²) < 4.78 is 20.4. The maximum Gasteiger partial charge on any atom is 0.308 e. The standard InChI is InChI=1S/C15H22O2.C14H27NO3.C13H25NO2.C12H23NO3.C11H21NO3/c1-11(2)9-13-5-7-14(8-6-13)10-17-15(16)12(3)4;1-10(2)12(16)15(7)8-14(5,6)9-18-13(17)11(3)4;1-10(2)12(15)8-6-7-9-14(5)13(16)11(3)4;1-9(2)11(14)13(5)7-6-8-16-12(15)10(3)4;1-8(2)10(13)12(5)6-7-15-11(14)9(3)4/h5-8,11-12H,9-10H2,1-4H3;10-11H,8-9H2,1-7H3;10-11H,6-9H2,1-5H3;9-10H,6-8H2,1-5H3;8-9H,6-7H2,1-5H3. The summed E-state index contributed by atoms with van der Waals surface area (Å²) in [5.41, 5.74) is 2.15. The van der Waals surface area contributed by atoms with E-state index in [1.54, 1.807) is 68.4 Å². The summed E-state index contributed by atoms with van der Waals surface area (Å²) in [5.74, 6) is 0.518. The number of nitrogens with zero attached hydrogens (tertiary/aromatic N) is 4. The Labute approximate surface area is 498 Å². The van der Waals surface area contributed by atoms with Crippen molar-refractivity contribution in [1.82, 2.24) is 19.6 Å². The Hall–Kier alpha value is -5.35. The van der Waals surface area contributed by atoms with Crippen molar-refractivity contribution in [2.75, 3.05) is 74.2 Å². The molecular weight excluding hydrogens is 1040 g/mol. The maximum atomic E-state index is 11.8. The number of likely N-dealkylation sites (N-methyl/N-ethyl adjacent to an activating group) is 1. The second-order valence-electron chi connectivity index (χ2n) is 25.3. The third-order valence-electron chi connectivity index (χ3n) is 12.0. The number of rotatable bonds is 29. The Bertz CT molecular complexity index is 1940. The van der Waals surface area contributed by atoms with E-state index in [0.29, 0.717) is 64.0 Å². The molecule has 0 N–H and O–H groups in total. The largest absolute Gasteiger partial charge is 0.465 e. The lowest BCUT2D eigenvalue weighted by molar-refractivity contribution is -0.151. The topological polar surface area (TPSA) is 204 Å². The van der Waals surface area contributed by atoms with E-state index in [2.05, 4.69) is 26.0 Å². The molecule has 1 aromatic carbocycles. The van der Waals surface area contributed by atoms with Crippen molar-refractivity contribution in [3.05, 3.63) is 35.4 Å². The van der Waals surface area contributed by atoms with Crippen LogP contribution in [0.3, 0.4) is 0 Å². The number of carbonyl (C=O) groups is 9. The van der Waals surface area contributed by atoms with Gasteiger partial charge in [0, 0.05) is 89.3 Å². The Morgan fingerprint density at radius 3 is 1.11 bits per heavy atom. The summed E-state index contributed by atoms with van der Waals surface area (Å²) in [6.07, 6.45) is 4.21. The van der Waals surface area contributed by atoms with Gasteiger partial charge in [0.05, 0.1) is 43.4 Å². The van der Waals surface area contributed by atoms with Crippen molar-refractivity contribution in [2.45, 2.75) is 191 Å². The Morgan fingerprint density at radius 1 is 0.390 bits per heavy atom. The number of esters is 4. The third kappa shape index (κ3) is 43.3. The van der Waals surface area contributed by atoms with Gasteiger partial charge in [-0.25, -0.2) is 0 Å². The molecule has 0 aliphatic heterocycles. The van der Waals surface area contributed by atoms with Crippen LogP contribution in [-0.4, -0.2) is 147 Å². The van der Waals surface area contributed by atoms with Gasteiger partial charge in [0.1, 0.15) is 19.0 Å². The van der Waals surface area contributed by atoms with Gasteiger partial charge >= 0.3 is 23.9 Å². The van der Waals surface area contributed by atoms with Crippen LogP contribution in [0, 0.1) is 64.6 Å². The third-order valence-corrected chi connectivity index (χ3v) is 12.0. The first-order valence-corrected chi connectivity index (χ1v) is 29.9. The molecule has 476 valence electrons. The van der Waals surface area contributed by atoms with Gasteiger partial charge in [-0.15, -0.1) is 0 Å². The van der Waals surface area contributed by atoms with Crippen molar-refractivity contribution in [3.8, 4) is 0 Å². The molecule has 0 bridgehead atoms. The molecule has 1 rings (SSSR count). The highest BCUT2D eigenvalue weighted by molar-refractivity contribution is 5.81. The zero-order chi connectivity index (χ0) is 64.8. The average molecular weight is 1160 g/mol. The second kappa shape index (κ2) is 45.1. The molecule has 0 fully saturated rings. The molecule has 0 radical (unpaired) electrons. The van der Waals surface area contributed by atoms with Gasteiger partial charge in [-0.05, 0) is 42.7 Å². The minimum atomic E-state index is -0.232. The highest BCUT2D eigenvalue weighted by Crippen LogP contribution is 2.19. The van der Waals surface area contributed by atoms with E-state index in [9.17, 15) is 43.2 Å². The number of carbonyl (C=O) groups excluding carboxylic acids is 9. The lowest BCUT2D eigenvalue weighted by Gasteiger charge is -2.31. The molecule has 4 amide bonds. The van der Waals surface area contributed by atoms with E-state index in [0.717, 1.165) is 31.4 Å². The smallest absolute Gasteiger partial charge is 0.308 e.